The van der Waals surface area contributed by atoms with Crippen LogP contribution < -0.4 is 0 Å². The Morgan fingerprint density at radius 2 is 1.00 bits per heavy atom. The zero-order chi connectivity index (χ0) is 13.5. The van der Waals surface area contributed by atoms with Crippen molar-refractivity contribution in [3.05, 3.63) is 5.73 Å². The first-order valence-electron chi connectivity index (χ1n) is 8.01. The minimum atomic E-state index is -0.405. The maximum Gasteiger partial charge on any atom is 1.00 e. The fourth-order valence-electron chi connectivity index (χ4n) is 2.30. The average molecular weight is 451 g/mol. The molecule has 0 saturated carbocycles. The van der Waals surface area contributed by atoms with Gasteiger partial charge in [-0.1, -0.05) is 84.0 Å². The Kier molecular flexibility index (Phi) is 20.6. The molecule has 0 fully saturated rings. The van der Waals surface area contributed by atoms with Crippen LogP contribution in [0.4, 0.5) is 0 Å². The fourth-order valence-corrected chi connectivity index (χ4v) is 2.30. The van der Waals surface area contributed by atoms with Crippen LogP contribution in [-0.4, -0.2) is 5.91 Å². The smallest absolute Gasteiger partial charge is 0.668 e. The van der Waals surface area contributed by atoms with E-state index in [1.54, 1.807) is 0 Å². The molecule has 0 atom stereocenters. The quantitative estimate of drug-likeness (QED) is 0.234. The molecule has 0 radical (unpaired) electrons. The van der Waals surface area contributed by atoms with Crippen LogP contribution in [-0.2, 0) is 27.2 Å². The molecule has 3 heteroatoms. The van der Waals surface area contributed by atoms with Crippen molar-refractivity contribution < 1.29 is 27.2 Å². The zero-order valence-electron chi connectivity index (χ0n) is 12.6. The summed E-state index contributed by atoms with van der Waals surface area (Å²) >= 11 is 0. The van der Waals surface area contributed by atoms with Crippen LogP contribution in [0.2, 0.25) is 0 Å². The van der Waals surface area contributed by atoms with Gasteiger partial charge in [0.1, 0.15) is 0 Å². The monoisotopic (exact) mass is 451 g/mol. The van der Waals surface area contributed by atoms with E-state index in [9.17, 15) is 4.79 Å². The average Bonchev–Trinajstić information content (AvgIpc) is 2.34. The third-order valence-corrected chi connectivity index (χ3v) is 3.51. The Bertz CT molecular complexity index is 186. The van der Waals surface area contributed by atoms with Gasteiger partial charge in [0, 0.05) is 5.91 Å². The summed E-state index contributed by atoms with van der Waals surface area (Å²) in [6, 6.07) is 0. The number of carbonyl (C=O) groups excluding carboxylic acids is 1. The van der Waals surface area contributed by atoms with Gasteiger partial charge in [-0.3, -0.25) is 0 Å². The predicted molar refractivity (Wildman–Crippen MR) is 79.6 cm³/mol. The largest absolute Gasteiger partial charge is 1.00 e. The molecule has 0 unspecified atom stereocenters. The van der Waals surface area contributed by atoms with Gasteiger partial charge in [-0.15, -0.1) is 0 Å². The third kappa shape index (κ3) is 20.7. The minimum absolute atomic E-state index is 0. The van der Waals surface area contributed by atoms with Crippen LogP contribution in [0, 0.1) is 0 Å². The summed E-state index contributed by atoms with van der Waals surface area (Å²) in [5.74, 6) is -0.405. The van der Waals surface area contributed by atoms with Crippen molar-refractivity contribution in [3.8, 4) is 0 Å². The SMILES string of the molecule is CCCCCCCCCCCCCCCC([NH-])=O.[Au+]. The summed E-state index contributed by atoms with van der Waals surface area (Å²) in [6.45, 7) is 2.26. The standard InChI is InChI=1S/C16H33NO.Au/c1-2-3-4-5-6-7-8-9-10-11-12-13-14-15-16(17)18;/h2-15H2,1H3,(H2,17,18);/q;+1/p-1. The number of carbonyl (C=O) groups is 1. The van der Waals surface area contributed by atoms with Crippen LogP contribution >= 0.6 is 0 Å². The van der Waals surface area contributed by atoms with E-state index < -0.39 is 5.91 Å². The van der Waals surface area contributed by atoms with E-state index in [4.69, 9.17) is 5.73 Å². The molecule has 2 nitrogen and oxygen atoms in total. The molecule has 0 aromatic carbocycles. The summed E-state index contributed by atoms with van der Waals surface area (Å²) in [4.78, 5) is 10.4. The number of nitrogens with one attached hydrogen (secondary N) is 1. The van der Waals surface area contributed by atoms with Crippen molar-refractivity contribution >= 4 is 5.91 Å². The Balaban J connectivity index is 0. The van der Waals surface area contributed by atoms with Gasteiger partial charge in [0.05, 0.1) is 0 Å². The molecule has 0 aliphatic rings. The van der Waals surface area contributed by atoms with Crippen molar-refractivity contribution in [1.29, 1.82) is 0 Å². The van der Waals surface area contributed by atoms with Crippen LogP contribution in [0.5, 0.6) is 0 Å². The summed E-state index contributed by atoms with van der Waals surface area (Å²) in [5, 5.41) is 0. The Labute approximate surface area is 135 Å². The van der Waals surface area contributed by atoms with Crippen LogP contribution in [0.3, 0.4) is 0 Å². The molecular formula is C16H32AuNO. The van der Waals surface area contributed by atoms with E-state index in [0.717, 1.165) is 12.8 Å². The van der Waals surface area contributed by atoms with Crippen molar-refractivity contribution in [2.75, 3.05) is 0 Å². The van der Waals surface area contributed by atoms with Crippen LogP contribution in [0.15, 0.2) is 0 Å². The molecule has 0 aromatic heterocycles. The topological polar surface area (TPSA) is 40.9 Å². The molecule has 0 heterocycles. The van der Waals surface area contributed by atoms with Crippen molar-refractivity contribution in [2.45, 2.75) is 96.8 Å². The van der Waals surface area contributed by atoms with Gasteiger partial charge in [-0.05, 0) is 12.8 Å². The molecule has 0 spiro atoms. The van der Waals surface area contributed by atoms with Crippen LogP contribution in [0.25, 0.3) is 5.73 Å². The van der Waals surface area contributed by atoms with Gasteiger partial charge in [-0.2, -0.15) is 0 Å². The first kappa shape index (κ1) is 21.5. The van der Waals surface area contributed by atoms with Gasteiger partial charge in [0.25, 0.3) is 0 Å². The second-order valence-corrected chi connectivity index (χ2v) is 5.42. The van der Waals surface area contributed by atoms with Crippen LogP contribution in [0.1, 0.15) is 96.8 Å². The first-order valence-corrected chi connectivity index (χ1v) is 8.01. The molecule has 0 aromatic rings. The molecule has 1 amide bonds. The van der Waals surface area contributed by atoms with Gasteiger partial charge >= 0.3 is 22.4 Å². The van der Waals surface area contributed by atoms with Crippen molar-refractivity contribution in [2.24, 2.45) is 0 Å². The Morgan fingerprint density at radius 3 is 1.32 bits per heavy atom. The van der Waals surface area contributed by atoms with Gasteiger partial charge in [0.15, 0.2) is 0 Å². The molecule has 1 N–H and O–H groups in total. The summed E-state index contributed by atoms with van der Waals surface area (Å²) in [5.41, 5.74) is 6.79. The van der Waals surface area contributed by atoms with E-state index in [1.807, 2.05) is 0 Å². The number of hydrogen-bond acceptors (Lipinski definition) is 1. The maximum atomic E-state index is 10.4. The predicted octanol–water partition coefficient (Wildman–Crippen LogP) is 6.04. The van der Waals surface area contributed by atoms with Gasteiger partial charge in [-0.25, -0.2) is 0 Å². The number of unbranched alkanes of at least 4 members (excludes halogenated alkanes) is 12. The molecular weight excluding hydrogens is 419 g/mol. The minimum Gasteiger partial charge on any atom is -0.668 e. The van der Waals surface area contributed by atoms with E-state index in [1.165, 1.54) is 70.6 Å². The first-order chi connectivity index (χ1) is 8.77. The van der Waals surface area contributed by atoms with E-state index in [0.29, 0.717) is 6.42 Å². The number of hydrogen-bond donors (Lipinski definition) is 0. The van der Waals surface area contributed by atoms with Gasteiger partial charge < -0.3 is 10.5 Å². The molecule has 0 aliphatic carbocycles. The zero-order valence-corrected chi connectivity index (χ0v) is 14.8. The molecule has 0 saturated heterocycles. The van der Waals surface area contributed by atoms with Gasteiger partial charge in [0.2, 0.25) is 0 Å². The normalized spacial score (nSPS) is 10.2. The summed E-state index contributed by atoms with van der Waals surface area (Å²) in [6.07, 6.45) is 17.6. The number of rotatable bonds is 14. The molecule has 0 aliphatic heterocycles. The third-order valence-electron chi connectivity index (χ3n) is 3.51. The Hall–Kier alpha value is 0.210. The van der Waals surface area contributed by atoms with E-state index in [-0.39, 0.29) is 22.4 Å². The molecule has 0 bridgehead atoms. The maximum absolute atomic E-state index is 10.4. The van der Waals surface area contributed by atoms with E-state index in [2.05, 4.69) is 6.92 Å². The Morgan fingerprint density at radius 1 is 0.684 bits per heavy atom. The molecule has 0 rings (SSSR count). The van der Waals surface area contributed by atoms with Crippen molar-refractivity contribution in [3.63, 3.8) is 0 Å². The molecule has 19 heavy (non-hydrogen) atoms. The number of amides is 1. The second kappa shape index (κ2) is 18.2. The van der Waals surface area contributed by atoms with E-state index >= 15 is 0 Å². The summed E-state index contributed by atoms with van der Waals surface area (Å²) < 4.78 is 0. The summed E-state index contributed by atoms with van der Waals surface area (Å²) in [7, 11) is 0. The van der Waals surface area contributed by atoms with Crippen molar-refractivity contribution in [1.82, 2.24) is 0 Å². The second-order valence-electron chi connectivity index (χ2n) is 5.42. The fraction of sp³-hybridized carbons (Fsp3) is 0.938. The molecule has 118 valence electrons.